The van der Waals surface area contributed by atoms with E-state index in [0.29, 0.717) is 6.61 Å². The van der Waals surface area contributed by atoms with Crippen LogP contribution in [0.1, 0.15) is 16.7 Å². The van der Waals surface area contributed by atoms with Crippen LogP contribution in [-0.4, -0.2) is 32.5 Å². The number of rotatable bonds is 6. The zero-order valence-corrected chi connectivity index (χ0v) is 18.6. The Morgan fingerprint density at radius 2 is 1.83 bits per heavy atom. The quantitative estimate of drug-likeness (QED) is 0.424. The number of aliphatic imine (C=N–C) groups is 1. The van der Waals surface area contributed by atoms with Gasteiger partial charge < -0.3 is 14.4 Å². The van der Waals surface area contributed by atoms with E-state index in [1.165, 1.54) is 11.3 Å². The van der Waals surface area contributed by atoms with Crippen LogP contribution >= 0.6 is 15.9 Å². The van der Waals surface area contributed by atoms with E-state index in [4.69, 9.17) is 9.47 Å². The second-order valence-corrected chi connectivity index (χ2v) is 8.25. The minimum Gasteiger partial charge on any atom is -0.488 e. The van der Waals surface area contributed by atoms with E-state index in [-0.39, 0.29) is 0 Å². The third-order valence-electron chi connectivity index (χ3n) is 5.03. The number of hydrogen-bond acceptors (Lipinski definition) is 4. The Bertz CT molecular complexity index is 1010. The molecule has 154 valence electrons. The highest BCUT2D eigenvalue weighted by Crippen LogP contribution is 2.25. The molecule has 1 saturated heterocycles. The maximum atomic E-state index is 6.09. The summed E-state index contributed by atoms with van der Waals surface area (Å²) in [4.78, 5) is 7.00. The molecule has 0 saturated carbocycles. The highest BCUT2D eigenvalue weighted by atomic mass is 79.9. The molecule has 30 heavy (non-hydrogen) atoms. The molecule has 5 heteroatoms. The summed E-state index contributed by atoms with van der Waals surface area (Å²) >= 11 is 3.55. The molecule has 3 aromatic carbocycles. The average molecular weight is 465 g/mol. The van der Waals surface area contributed by atoms with Crippen molar-refractivity contribution < 1.29 is 9.47 Å². The molecule has 1 aliphatic rings. The zero-order valence-electron chi connectivity index (χ0n) is 17.1. The number of ether oxygens (including phenoxy) is 2. The summed E-state index contributed by atoms with van der Waals surface area (Å²) < 4.78 is 12.5. The number of halogens is 1. The lowest BCUT2D eigenvalue weighted by Gasteiger charge is -2.28. The van der Waals surface area contributed by atoms with Gasteiger partial charge in [0, 0.05) is 35.0 Å². The van der Waals surface area contributed by atoms with Crippen molar-refractivity contribution in [1.82, 2.24) is 0 Å². The molecule has 0 amide bonds. The van der Waals surface area contributed by atoms with E-state index in [1.807, 2.05) is 36.5 Å². The summed E-state index contributed by atoms with van der Waals surface area (Å²) in [6.07, 6.45) is 1.86. The Morgan fingerprint density at radius 3 is 2.60 bits per heavy atom. The monoisotopic (exact) mass is 464 g/mol. The molecular weight excluding hydrogens is 440 g/mol. The number of benzene rings is 3. The van der Waals surface area contributed by atoms with Crippen molar-refractivity contribution in [3.05, 3.63) is 87.9 Å². The Hall–Kier alpha value is -2.63. The van der Waals surface area contributed by atoms with Gasteiger partial charge in [-0.25, -0.2) is 0 Å². The smallest absolute Gasteiger partial charge is 0.128 e. The second kappa shape index (κ2) is 9.92. The van der Waals surface area contributed by atoms with Crippen LogP contribution < -0.4 is 9.64 Å². The lowest BCUT2D eigenvalue weighted by molar-refractivity contribution is 0.122. The number of nitrogens with zero attached hydrogens (tertiary/aromatic N) is 2. The fourth-order valence-corrected chi connectivity index (χ4v) is 3.81. The van der Waals surface area contributed by atoms with Crippen molar-refractivity contribution in [3.63, 3.8) is 0 Å². The SMILES string of the molecule is Cc1cccc(COc2ccc(Br)cc2C=Nc2ccc(N3CCOCC3)cc2)c1. The average Bonchev–Trinajstić information content (AvgIpc) is 2.78. The van der Waals surface area contributed by atoms with Gasteiger partial charge in [0.15, 0.2) is 0 Å². The Kier molecular flexibility index (Phi) is 6.82. The first kappa shape index (κ1) is 20.6. The predicted molar refractivity (Wildman–Crippen MR) is 126 cm³/mol. The zero-order chi connectivity index (χ0) is 20.8. The normalized spacial score (nSPS) is 14.3. The minimum atomic E-state index is 0.526. The molecule has 0 aliphatic carbocycles. The molecule has 3 aromatic rings. The summed E-state index contributed by atoms with van der Waals surface area (Å²) in [5, 5.41) is 0. The summed E-state index contributed by atoms with van der Waals surface area (Å²) in [6, 6.07) is 22.7. The van der Waals surface area contributed by atoms with Gasteiger partial charge >= 0.3 is 0 Å². The van der Waals surface area contributed by atoms with Crippen LogP contribution in [0.25, 0.3) is 0 Å². The fourth-order valence-electron chi connectivity index (χ4n) is 3.43. The lowest BCUT2D eigenvalue weighted by atomic mass is 10.1. The third-order valence-corrected chi connectivity index (χ3v) is 5.52. The molecule has 0 aromatic heterocycles. The first-order valence-electron chi connectivity index (χ1n) is 10.1. The first-order valence-corrected chi connectivity index (χ1v) is 10.9. The minimum absolute atomic E-state index is 0.526. The van der Waals surface area contributed by atoms with Gasteiger partial charge in [-0.15, -0.1) is 0 Å². The van der Waals surface area contributed by atoms with Crippen LogP contribution in [0.2, 0.25) is 0 Å². The maximum absolute atomic E-state index is 6.09. The molecule has 0 spiro atoms. The largest absolute Gasteiger partial charge is 0.488 e. The van der Waals surface area contributed by atoms with Crippen molar-refractivity contribution in [2.45, 2.75) is 13.5 Å². The summed E-state index contributed by atoms with van der Waals surface area (Å²) in [5.41, 5.74) is 5.45. The van der Waals surface area contributed by atoms with Crippen LogP contribution in [0.3, 0.4) is 0 Å². The topological polar surface area (TPSA) is 34.1 Å². The number of hydrogen-bond donors (Lipinski definition) is 0. The molecule has 1 fully saturated rings. The van der Waals surface area contributed by atoms with Gasteiger partial charge in [-0.2, -0.15) is 0 Å². The Balaban J connectivity index is 1.46. The van der Waals surface area contributed by atoms with Gasteiger partial charge in [0.2, 0.25) is 0 Å². The molecule has 4 nitrogen and oxygen atoms in total. The van der Waals surface area contributed by atoms with Crippen molar-refractivity contribution >= 4 is 33.5 Å². The number of anilines is 1. The molecular formula is C25H25BrN2O2. The van der Waals surface area contributed by atoms with Crippen LogP contribution in [0.4, 0.5) is 11.4 Å². The number of morpholine rings is 1. The molecule has 0 unspecified atom stereocenters. The van der Waals surface area contributed by atoms with Crippen molar-refractivity contribution in [1.29, 1.82) is 0 Å². The second-order valence-electron chi connectivity index (χ2n) is 7.33. The van der Waals surface area contributed by atoms with E-state index < -0.39 is 0 Å². The molecule has 1 aliphatic heterocycles. The molecule has 0 radical (unpaired) electrons. The van der Waals surface area contributed by atoms with Gasteiger partial charge in [0.05, 0.1) is 18.9 Å². The summed E-state index contributed by atoms with van der Waals surface area (Å²) in [7, 11) is 0. The van der Waals surface area contributed by atoms with E-state index >= 15 is 0 Å². The van der Waals surface area contributed by atoms with Gasteiger partial charge in [-0.05, 0) is 55.0 Å². The van der Waals surface area contributed by atoms with Crippen molar-refractivity contribution in [2.24, 2.45) is 4.99 Å². The van der Waals surface area contributed by atoms with Crippen LogP contribution in [0.5, 0.6) is 5.75 Å². The van der Waals surface area contributed by atoms with E-state index in [2.05, 4.69) is 69.1 Å². The van der Waals surface area contributed by atoms with E-state index in [0.717, 1.165) is 53.3 Å². The molecule has 4 rings (SSSR count). The van der Waals surface area contributed by atoms with Crippen LogP contribution in [-0.2, 0) is 11.3 Å². The molecule has 0 atom stereocenters. The van der Waals surface area contributed by atoms with Crippen LogP contribution in [0.15, 0.2) is 76.2 Å². The highest BCUT2D eigenvalue weighted by Gasteiger charge is 2.10. The lowest BCUT2D eigenvalue weighted by Crippen LogP contribution is -2.36. The Labute approximate surface area is 186 Å². The highest BCUT2D eigenvalue weighted by molar-refractivity contribution is 9.10. The van der Waals surface area contributed by atoms with Gasteiger partial charge in [-0.3, -0.25) is 4.99 Å². The predicted octanol–water partition coefficient (Wildman–Crippen LogP) is 5.92. The van der Waals surface area contributed by atoms with E-state index in [9.17, 15) is 0 Å². The first-order chi connectivity index (χ1) is 14.7. The van der Waals surface area contributed by atoms with Crippen LogP contribution in [0, 0.1) is 6.92 Å². The molecule has 1 heterocycles. The Morgan fingerprint density at radius 1 is 1.03 bits per heavy atom. The fraction of sp³-hybridized carbons (Fsp3) is 0.240. The van der Waals surface area contributed by atoms with Crippen molar-refractivity contribution in [2.75, 3.05) is 31.2 Å². The summed E-state index contributed by atoms with van der Waals surface area (Å²) in [6.45, 7) is 6.05. The molecule has 0 bridgehead atoms. The van der Waals surface area contributed by atoms with Gasteiger partial charge in [0.1, 0.15) is 12.4 Å². The van der Waals surface area contributed by atoms with E-state index in [1.54, 1.807) is 0 Å². The van der Waals surface area contributed by atoms with Gasteiger partial charge in [-0.1, -0.05) is 45.8 Å². The van der Waals surface area contributed by atoms with Gasteiger partial charge in [0.25, 0.3) is 0 Å². The van der Waals surface area contributed by atoms with Crippen molar-refractivity contribution in [3.8, 4) is 5.75 Å². The number of aryl methyl sites for hydroxylation is 1. The molecule has 0 N–H and O–H groups in total. The summed E-state index contributed by atoms with van der Waals surface area (Å²) in [5.74, 6) is 0.813. The third kappa shape index (κ3) is 5.49. The standard InChI is InChI=1S/C25H25BrN2O2/c1-19-3-2-4-20(15-19)18-30-25-10-5-22(26)16-21(25)17-27-23-6-8-24(9-7-23)28-11-13-29-14-12-28/h2-10,15-17H,11-14,18H2,1H3. The maximum Gasteiger partial charge on any atom is 0.128 e.